The predicted molar refractivity (Wildman–Crippen MR) is 121 cm³/mol. The van der Waals surface area contributed by atoms with E-state index in [1.54, 1.807) is 48.1 Å². The molecule has 3 aromatic rings. The van der Waals surface area contributed by atoms with Gasteiger partial charge in [0.2, 0.25) is 11.8 Å². The smallest absolute Gasteiger partial charge is 0.262 e. The zero-order chi connectivity index (χ0) is 22.0. The van der Waals surface area contributed by atoms with Crippen LogP contribution >= 0.6 is 11.8 Å². The molecule has 2 heterocycles. The van der Waals surface area contributed by atoms with Gasteiger partial charge in [-0.3, -0.25) is 19.0 Å². The average Bonchev–Trinajstić information content (AvgIpc) is 2.77. The number of ether oxygens (including phenoxy) is 1. The number of aromatic nitrogens is 2. The summed E-state index contributed by atoms with van der Waals surface area (Å²) in [6.07, 6.45) is 0. The van der Waals surface area contributed by atoms with E-state index in [-0.39, 0.29) is 35.7 Å². The van der Waals surface area contributed by atoms with Crippen LogP contribution in [0.4, 0.5) is 11.4 Å². The molecule has 0 saturated heterocycles. The van der Waals surface area contributed by atoms with Gasteiger partial charge in [0.05, 0.1) is 40.7 Å². The van der Waals surface area contributed by atoms with Crippen LogP contribution in [0.15, 0.2) is 58.5 Å². The van der Waals surface area contributed by atoms with Crippen LogP contribution in [0.5, 0.6) is 0 Å². The molecule has 9 heteroatoms. The Morgan fingerprint density at radius 3 is 2.74 bits per heavy atom. The number of rotatable bonds is 6. The standard InChI is InChI=1S/C22H22N4O4S/c1-14(12-30-2)26-21(29)15-7-3-4-8-16(15)24-22(26)31-13-20(28)25-11-19(27)23-17-9-5-6-10-18(17)25/h3-10,14H,11-13H2,1-2H3,(H,23,27)/t14-/m0/s1. The molecule has 1 aliphatic rings. The zero-order valence-electron chi connectivity index (χ0n) is 17.2. The Morgan fingerprint density at radius 2 is 1.94 bits per heavy atom. The lowest BCUT2D eigenvalue weighted by Gasteiger charge is -2.29. The van der Waals surface area contributed by atoms with E-state index in [4.69, 9.17) is 4.74 Å². The number of carbonyl (C=O) groups excluding carboxylic acids is 2. The van der Waals surface area contributed by atoms with Crippen molar-refractivity contribution in [3.63, 3.8) is 0 Å². The number of nitrogens with zero attached hydrogens (tertiary/aromatic N) is 3. The molecule has 0 saturated carbocycles. The number of hydrogen-bond donors (Lipinski definition) is 1. The van der Waals surface area contributed by atoms with E-state index < -0.39 is 0 Å². The van der Waals surface area contributed by atoms with Crippen LogP contribution in [0, 0.1) is 0 Å². The van der Waals surface area contributed by atoms with Crippen LogP contribution in [0.2, 0.25) is 0 Å². The highest BCUT2D eigenvalue weighted by atomic mass is 32.2. The van der Waals surface area contributed by atoms with E-state index in [2.05, 4.69) is 10.3 Å². The molecule has 31 heavy (non-hydrogen) atoms. The van der Waals surface area contributed by atoms with Crippen LogP contribution < -0.4 is 15.8 Å². The van der Waals surface area contributed by atoms with Crippen molar-refractivity contribution < 1.29 is 14.3 Å². The molecule has 0 aliphatic carbocycles. The fourth-order valence-corrected chi connectivity index (χ4v) is 4.56. The lowest BCUT2D eigenvalue weighted by molar-refractivity contribution is -0.120. The number of nitrogens with one attached hydrogen (secondary N) is 1. The average molecular weight is 439 g/mol. The molecule has 1 aliphatic heterocycles. The summed E-state index contributed by atoms with van der Waals surface area (Å²) in [5, 5.41) is 3.73. The van der Waals surface area contributed by atoms with E-state index in [1.807, 2.05) is 19.1 Å². The van der Waals surface area contributed by atoms with E-state index in [0.29, 0.717) is 34.0 Å². The Morgan fingerprint density at radius 1 is 1.19 bits per heavy atom. The van der Waals surface area contributed by atoms with Crippen molar-refractivity contribution in [3.05, 3.63) is 58.9 Å². The molecular weight excluding hydrogens is 416 g/mol. The molecule has 1 aromatic heterocycles. The van der Waals surface area contributed by atoms with Gasteiger partial charge in [0.15, 0.2) is 5.16 Å². The van der Waals surface area contributed by atoms with Crippen molar-refractivity contribution >= 4 is 45.9 Å². The number of carbonyl (C=O) groups is 2. The number of methoxy groups -OCH3 is 1. The summed E-state index contributed by atoms with van der Waals surface area (Å²) in [5.41, 5.74) is 1.66. The van der Waals surface area contributed by atoms with Crippen molar-refractivity contribution in [2.24, 2.45) is 0 Å². The largest absolute Gasteiger partial charge is 0.383 e. The van der Waals surface area contributed by atoms with E-state index in [1.165, 1.54) is 16.7 Å². The maximum absolute atomic E-state index is 13.1. The molecule has 1 N–H and O–H groups in total. The van der Waals surface area contributed by atoms with Crippen molar-refractivity contribution in [3.8, 4) is 0 Å². The Kier molecular flexibility index (Phi) is 6.06. The Bertz CT molecular complexity index is 1210. The second-order valence-corrected chi connectivity index (χ2v) is 8.17. The van der Waals surface area contributed by atoms with E-state index >= 15 is 0 Å². The maximum Gasteiger partial charge on any atom is 0.262 e. The number of thioether (sulfide) groups is 1. The number of para-hydroxylation sites is 3. The monoisotopic (exact) mass is 438 g/mol. The highest BCUT2D eigenvalue weighted by Crippen LogP contribution is 2.30. The minimum Gasteiger partial charge on any atom is -0.383 e. The number of benzene rings is 2. The number of hydrogen-bond acceptors (Lipinski definition) is 6. The normalized spacial score (nSPS) is 14.3. The van der Waals surface area contributed by atoms with Crippen molar-refractivity contribution in [1.29, 1.82) is 0 Å². The van der Waals surface area contributed by atoms with Gasteiger partial charge in [0.1, 0.15) is 6.54 Å². The number of amides is 2. The van der Waals surface area contributed by atoms with E-state index in [0.717, 1.165) is 0 Å². The summed E-state index contributed by atoms with van der Waals surface area (Å²) in [6, 6.07) is 14.1. The second-order valence-electron chi connectivity index (χ2n) is 7.22. The molecule has 0 radical (unpaired) electrons. The van der Waals surface area contributed by atoms with Gasteiger partial charge >= 0.3 is 0 Å². The van der Waals surface area contributed by atoms with Crippen molar-refractivity contribution in [2.75, 3.05) is 36.2 Å². The zero-order valence-corrected chi connectivity index (χ0v) is 18.0. The third kappa shape index (κ3) is 4.19. The van der Waals surface area contributed by atoms with E-state index in [9.17, 15) is 14.4 Å². The van der Waals surface area contributed by atoms with Crippen LogP contribution in [0.25, 0.3) is 10.9 Å². The Labute approximate surface area is 183 Å². The Balaban J connectivity index is 1.64. The van der Waals surface area contributed by atoms with Gasteiger partial charge in [-0.2, -0.15) is 0 Å². The van der Waals surface area contributed by atoms with Gasteiger partial charge in [-0.1, -0.05) is 36.0 Å². The second kappa shape index (κ2) is 8.91. The molecule has 1 atom stereocenters. The van der Waals surface area contributed by atoms with Gasteiger partial charge in [-0.05, 0) is 31.2 Å². The summed E-state index contributed by atoms with van der Waals surface area (Å²) >= 11 is 1.18. The first kappa shape index (κ1) is 21.1. The van der Waals surface area contributed by atoms with Crippen LogP contribution in [-0.4, -0.2) is 47.4 Å². The first-order valence-electron chi connectivity index (χ1n) is 9.82. The fraction of sp³-hybridized carbons (Fsp3) is 0.273. The minimum absolute atomic E-state index is 0.0338. The quantitative estimate of drug-likeness (QED) is 0.470. The SMILES string of the molecule is COC[C@H](C)n1c(SCC(=O)N2CC(=O)Nc3ccccc32)nc2ccccc2c1=O. The minimum atomic E-state index is -0.256. The van der Waals surface area contributed by atoms with Gasteiger partial charge < -0.3 is 15.0 Å². The van der Waals surface area contributed by atoms with Crippen LogP contribution in [-0.2, 0) is 14.3 Å². The number of anilines is 2. The first-order valence-corrected chi connectivity index (χ1v) is 10.8. The topological polar surface area (TPSA) is 93.5 Å². The maximum atomic E-state index is 13.1. The summed E-state index contributed by atoms with van der Waals surface area (Å²) in [7, 11) is 1.57. The molecule has 2 amide bonds. The molecule has 0 bridgehead atoms. The molecule has 0 unspecified atom stereocenters. The van der Waals surface area contributed by atoms with Gasteiger partial charge in [-0.15, -0.1) is 0 Å². The fourth-order valence-electron chi connectivity index (χ4n) is 3.59. The first-order chi connectivity index (χ1) is 15.0. The highest BCUT2D eigenvalue weighted by Gasteiger charge is 2.27. The van der Waals surface area contributed by atoms with Crippen molar-refractivity contribution in [1.82, 2.24) is 9.55 Å². The summed E-state index contributed by atoms with van der Waals surface area (Å²) in [4.78, 5) is 44.3. The summed E-state index contributed by atoms with van der Waals surface area (Å²) in [5.74, 6) is -0.446. The van der Waals surface area contributed by atoms with Gasteiger partial charge in [-0.25, -0.2) is 4.98 Å². The van der Waals surface area contributed by atoms with Crippen LogP contribution in [0.1, 0.15) is 13.0 Å². The van der Waals surface area contributed by atoms with Gasteiger partial charge in [0, 0.05) is 7.11 Å². The molecule has 0 fully saturated rings. The molecule has 0 spiro atoms. The predicted octanol–water partition coefficient (Wildman–Crippen LogP) is 2.68. The lowest BCUT2D eigenvalue weighted by atomic mass is 10.2. The number of fused-ring (bicyclic) bond motifs is 2. The molecule has 8 nitrogen and oxygen atoms in total. The third-order valence-corrected chi connectivity index (χ3v) is 5.96. The highest BCUT2D eigenvalue weighted by molar-refractivity contribution is 7.99. The lowest BCUT2D eigenvalue weighted by Crippen LogP contribution is -2.43. The molecule has 4 rings (SSSR count). The van der Waals surface area contributed by atoms with Crippen molar-refractivity contribution in [2.45, 2.75) is 18.1 Å². The molecule has 160 valence electrons. The Hall–Kier alpha value is -3.17. The summed E-state index contributed by atoms with van der Waals surface area (Å²) < 4.78 is 6.81. The molecular formula is C22H22N4O4S. The molecule has 2 aromatic carbocycles. The third-order valence-electron chi connectivity index (χ3n) is 5.02. The summed E-state index contributed by atoms with van der Waals surface area (Å²) in [6.45, 7) is 2.16. The van der Waals surface area contributed by atoms with Crippen LogP contribution in [0.3, 0.4) is 0 Å². The van der Waals surface area contributed by atoms with Gasteiger partial charge in [0.25, 0.3) is 5.56 Å².